The van der Waals surface area contributed by atoms with E-state index in [2.05, 4.69) is 9.97 Å². The maximum absolute atomic E-state index is 13.0. The van der Waals surface area contributed by atoms with Crippen molar-refractivity contribution >= 4 is 10.0 Å². The van der Waals surface area contributed by atoms with Gasteiger partial charge in [-0.25, -0.2) is 13.4 Å². The summed E-state index contributed by atoms with van der Waals surface area (Å²) in [5.74, 6) is 1.38. The number of ether oxygens (including phenoxy) is 1. The van der Waals surface area contributed by atoms with Gasteiger partial charge in [-0.3, -0.25) is 0 Å². The van der Waals surface area contributed by atoms with Gasteiger partial charge in [-0.2, -0.15) is 4.31 Å². The van der Waals surface area contributed by atoms with Crippen LogP contribution in [-0.2, 0) is 10.0 Å². The molecule has 0 bridgehead atoms. The largest absolute Gasteiger partial charge is 0.494 e. The second-order valence-electron chi connectivity index (χ2n) is 5.51. The molecule has 1 aliphatic heterocycles. The van der Waals surface area contributed by atoms with Gasteiger partial charge >= 0.3 is 0 Å². The van der Waals surface area contributed by atoms with Crippen LogP contribution in [-0.4, -0.2) is 35.8 Å². The topological polar surface area (TPSA) is 75.3 Å². The number of benzene rings is 1. The number of imidazole rings is 1. The summed E-state index contributed by atoms with van der Waals surface area (Å²) >= 11 is 0. The van der Waals surface area contributed by atoms with Crippen molar-refractivity contribution in [1.29, 1.82) is 0 Å². The monoisotopic (exact) mass is 335 g/mol. The normalized spacial score (nSPS) is 19.6. The molecular formula is C16H21N3O3S. The molecule has 1 atom stereocenters. The molecule has 2 aromatic rings. The Bertz CT molecular complexity index is 726. The van der Waals surface area contributed by atoms with Gasteiger partial charge in [-0.1, -0.05) is 6.42 Å². The minimum Gasteiger partial charge on any atom is -0.494 e. The average molecular weight is 335 g/mol. The molecule has 1 saturated heterocycles. The molecule has 23 heavy (non-hydrogen) atoms. The lowest BCUT2D eigenvalue weighted by Crippen LogP contribution is -2.38. The predicted molar refractivity (Wildman–Crippen MR) is 86.7 cm³/mol. The molecule has 1 unspecified atom stereocenters. The van der Waals surface area contributed by atoms with Crippen LogP contribution in [0.4, 0.5) is 0 Å². The van der Waals surface area contributed by atoms with Crippen LogP contribution in [0.25, 0.3) is 0 Å². The second-order valence-corrected chi connectivity index (χ2v) is 7.40. The fourth-order valence-electron chi connectivity index (χ4n) is 2.94. The molecule has 0 spiro atoms. The Morgan fingerprint density at radius 2 is 2.09 bits per heavy atom. The molecule has 3 rings (SSSR count). The van der Waals surface area contributed by atoms with Gasteiger partial charge in [0.25, 0.3) is 0 Å². The molecule has 1 N–H and O–H groups in total. The fourth-order valence-corrected chi connectivity index (χ4v) is 4.60. The van der Waals surface area contributed by atoms with E-state index in [9.17, 15) is 8.42 Å². The van der Waals surface area contributed by atoms with Crippen molar-refractivity contribution in [3.8, 4) is 5.75 Å². The van der Waals surface area contributed by atoms with E-state index < -0.39 is 10.0 Å². The molecule has 0 aliphatic carbocycles. The van der Waals surface area contributed by atoms with Crippen molar-refractivity contribution in [2.45, 2.75) is 37.1 Å². The molecule has 1 aromatic heterocycles. The average Bonchev–Trinajstić information content (AvgIpc) is 3.10. The Hall–Kier alpha value is -1.86. The van der Waals surface area contributed by atoms with Gasteiger partial charge < -0.3 is 9.72 Å². The van der Waals surface area contributed by atoms with Gasteiger partial charge in [0.05, 0.1) is 17.5 Å². The minimum atomic E-state index is -3.55. The van der Waals surface area contributed by atoms with Crippen molar-refractivity contribution in [3.63, 3.8) is 0 Å². The maximum Gasteiger partial charge on any atom is 0.243 e. The Balaban J connectivity index is 1.90. The molecule has 6 nitrogen and oxygen atoms in total. The highest BCUT2D eigenvalue weighted by molar-refractivity contribution is 7.89. The predicted octanol–water partition coefficient (Wildman–Crippen LogP) is 2.72. The van der Waals surface area contributed by atoms with Gasteiger partial charge in [-0.15, -0.1) is 0 Å². The quantitative estimate of drug-likeness (QED) is 0.911. The Morgan fingerprint density at radius 1 is 1.30 bits per heavy atom. The van der Waals surface area contributed by atoms with Crippen LogP contribution in [0, 0.1) is 0 Å². The number of nitrogens with one attached hydrogen (secondary N) is 1. The van der Waals surface area contributed by atoms with E-state index in [1.165, 1.54) is 0 Å². The van der Waals surface area contributed by atoms with E-state index in [1.807, 2.05) is 6.92 Å². The summed E-state index contributed by atoms with van der Waals surface area (Å²) in [4.78, 5) is 7.59. The smallest absolute Gasteiger partial charge is 0.243 e. The van der Waals surface area contributed by atoms with Crippen LogP contribution in [0.2, 0.25) is 0 Å². The molecule has 2 heterocycles. The third kappa shape index (κ3) is 3.25. The van der Waals surface area contributed by atoms with Crippen LogP contribution in [0.15, 0.2) is 41.6 Å². The summed E-state index contributed by atoms with van der Waals surface area (Å²) in [5, 5.41) is 0. The second kappa shape index (κ2) is 6.72. The Labute approximate surface area is 136 Å². The van der Waals surface area contributed by atoms with Gasteiger partial charge in [0, 0.05) is 18.9 Å². The molecule has 124 valence electrons. The van der Waals surface area contributed by atoms with Crippen molar-refractivity contribution in [2.24, 2.45) is 0 Å². The molecule has 7 heteroatoms. The molecule has 1 aliphatic rings. The summed E-state index contributed by atoms with van der Waals surface area (Å²) < 4.78 is 32.9. The number of nitrogens with zero attached hydrogens (tertiary/aromatic N) is 2. The van der Waals surface area contributed by atoms with Crippen molar-refractivity contribution < 1.29 is 13.2 Å². The van der Waals surface area contributed by atoms with Crippen LogP contribution in [0.5, 0.6) is 5.75 Å². The molecular weight excluding hydrogens is 314 g/mol. The fraction of sp³-hybridized carbons (Fsp3) is 0.438. The van der Waals surface area contributed by atoms with E-state index in [0.717, 1.165) is 19.3 Å². The van der Waals surface area contributed by atoms with Gasteiger partial charge in [0.2, 0.25) is 10.0 Å². The minimum absolute atomic E-state index is 0.227. The third-order valence-electron chi connectivity index (χ3n) is 4.03. The maximum atomic E-state index is 13.0. The first-order valence-electron chi connectivity index (χ1n) is 7.87. The number of hydrogen-bond acceptors (Lipinski definition) is 4. The SMILES string of the molecule is CCOc1ccc(S(=O)(=O)N2CCCCC2c2ncc[nH]2)cc1. The van der Waals surface area contributed by atoms with E-state index in [4.69, 9.17) is 4.74 Å². The highest BCUT2D eigenvalue weighted by Gasteiger charge is 2.35. The Kier molecular flexibility index (Phi) is 4.68. The number of aromatic nitrogens is 2. The first-order valence-corrected chi connectivity index (χ1v) is 9.31. The highest BCUT2D eigenvalue weighted by atomic mass is 32.2. The number of sulfonamides is 1. The Morgan fingerprint density at radius 3 is 2.74 bits per heavy atom. The number of H-pyrrole nitrogens is 1. The molecule has 0 saturated carbocycles. The zero-order valence-electron chi connectivity index (χ0n) is 13.1. The summed E-state index contributed by atoms with van der Waals surface area (Å²) in [7, 11) is -3.55. The van der Waals surface area contributed by atoms with E-state index in [1.54, 1.807) is 41.0 Å². The van der Waals surface area contributed by atoms with E-state index in [0.29, 0.717) is 29.6 Å². The summed E-state index contributed by atoms with van der Waals surface area (Å²) in [6, 6.07) is 6.38. The number of rotatable bonds is 5. The summed E-state index contributed by atoms with van der Waals surface area (Å²) in [5.41, 5.74) is 0. The zero-order valence-corrected chi connectivity index (χ0v) is 13.9. The van der Waals surface area contributed by atoms with Crippen molar-refractivity contribution in [1.82, 2.24) is 14.3 Å². The van der Waals surface area contributed by atoms with Crippen molar-refractivity contribution in [3.05, 3.63) is 42.5 Å². The van der Waals surface area contributed by atoms with Gasteiger partial charge in [0.15, 0.2) is 0 Å². The van der Waals surface area contributed by atoms with E-state index >= 15 is 0 Å². The lowest BCUT2D eigenvalue weighted by Gasteiger charge is -2.33. The third-order valence-corrected chi connectivity index (χ3v) is 5.95. The lowest BCUT2D eigenvalue weighted by atomic mass is 10.0. The van der Waals surface area contributed by atoms with Gasteiger partial charge in [-0.05, 0) is 44.0 Å². The van der Waals surface area contributed by atoms with Gasteiger partial charge in [0.1, 0.15) is 11.6 Å². The van der Waals surface area contributed by atoms with Crippen LogP contribution < -0.4 is 4.74 Å². The standard InChI is InChI=1S/C16H21N3O3S/c1-2-22-13-6-8-14(9-7-13)23(20,21)19-12-4-3-5-15(19)16-17-10-11-18-16/h6-11,15H,2-5,12H2,1H3,(H,17,18). The highest BCUT2D eigenvalue weighted by Crippen LogP contribution is 2.34. The van der Waals surface area contributed by atoms with Crippen LogP contribution in [0.1, 0.15) is 38.1 Å². The van der Waals surface area contributed by atoms with Crippen LogP contribution in [0.3, 0.4) is 0 Å². The van der Waals surface area contributed by atoms with Crippen molar-refractivity contribution in [2.75, 3.05) is 13.2 Å². The molecule has 0 radical (unpaired) electrons. The van der Waals surface area contributed by atoms with Crippen LogP contribution >= 0.6 is 0 Å². The molecule has 1 fully saturated rings. The summed E-state index contributed by atoms with van der Waals surface area (Å²) in [6.45, 7) is 2.96. The first kappa shape index (κ1) is 16.0. The first-order chi connectivity index (χ1) is 11.1. The van der Waals surface area contributed by atoms with E-state index in [-0.39, 0.29) is 6.04 Å². The summed E-state index contributed by atoms with van der Waals surface area (Å²) in [6.07, 6.45) is 6.04. The lowest BCUT2D eigenvalue weighted by molar-refractivity contribution is 0.247. The zero-order chi connectivity index (χ0) is 16.3. The molecule has 0 amide bonds. The number of hydrogen-bond donors (Lipinski definition) is 1. The number of aromatic amines is 1. The number of piperidine rings is 1. The molecule has 1 aromatic carbocycles.